The van der Waals surface area contributed by atoms with Gasteiger partial charge in [0.05, 0.1) is 0 Å². The molecule has 2 heterocycles. The van der Waals surface area contributed by atoms with Crippen molar-refractivity contribution in [1.82, 2.24) is 0 Å². The third-order valence-electron chi connectivity index (χ3n) is 6.64. The Hall–Kier alpha value is -4.27. The minimum Gasteiger partial charge on any atom is -0.502 e. The maximum absolute atomic E-state index is 6.77. The SMILES string of the molecule is c1ccc([Si]2(c3ccccc3)Oc3cc4c(cc3O2)O[Si](c2ccccc2)(c2ccccc2)O4)cc1. The summed E-state index contributed by atoms with van der Waals surface area (Å²) in [6, 6.07) is 44.7. The summed E-state index contributed by atoms with van der Waals surface area (Å²) in [7, 11) is -5.97. The van der Waals surface area contributed by atoms with Crippen LogP contribution in [-0.4, -0.2) is 17.1 Å². The maximum atomic E-state index is 6.77. The van der Waals surface area contributed by atoms with Crippen molar-refractivity contribution in [2.24, 2.45) is 0 Å². The zero-order chi connectivity index (χ0) is 24.0. The summed E-state index contributed by atoms with van der Waals surface area (Å²) in [4.78, 5) is 0. The minimum atomic E-state index is -2.99. The van der Waals surface area contributed by atoms with E-state index in [4.69, 9.17) is 17.7 Å². The van der Waals surface area contributed by atoms with Crippen LogP contribution in [0.5, 0.6) is 23.0 Å². The Labute approximate surface area is 211 Å². The summed E-state index contributed by atoms with van der Waals surface area (Å²) >= 11 is 0. The van der Waals surface area contributed by atoms with Crippen LogP contribution in [0.1, 0.15) is 0 Å². The largest absolute Gasteiger partial charge is 0.531 e. The molecular formula is C30H22O4Si2. The monoisotopic (exact) mass is 502 g/mol. The van der Waals surface area contributed by atoms with Crippen molar-refractivity contribution in [2.45, 2.75) is 0 Å². The lowest BCUT2D eigenvalue weighted by molar-refractivity contribution is 0.482. The highest BCUT2D eigenvalue weighted by molar-refractivity contribution is 6.95. The molecule has 4 nitrogen and oxygen atoms in total. The van der Waals surface area contributed by atoms with Gasteiger partial charge in [-0.2, -0.15) is 0 Å². The third kappa shape index (κ3) is 3.19. The maximum Gasteiger partial charge on any atom is 0.531 e. The van der Waals surface area contributed by atoms with Gasteiger partial charge in [0.1, 0.15) is 0 Å². The number of benzene rings is 5. The van der Waals surface area contributed by atoms with Crippen LogP contribution in [0.25, 0.3) is 0 Å². The topological polar surface area (TPSA) is 36.9 Å². The highest BCUT2D eigenvalue weighted by atomic mass is 28.4. The summed E-state index contributed by atoms with van der Waals surface area (Å²) in [6.45, 7) is 0. The first-order valence-electron chi connectivity index (χ1n) is 11.9. The molecule has 2 aliphatic rings. The zero-order valence-electron chi connectivity index (χ0n) is 19.3. The smallest absolute Gasteiger partial charge is 0.502 e. The zero-order valence-corrected chi connectivity index (χ0v) is 21.3. The summed E-state index contributed by atoms with van der Waals surface area (Å²) in [6.07, 6.45) is 0. The molecule has 0 N–H and O–H groups in total. The Kier molecular flexibility index (Phi) is 4.77. The van der Waals surface area contributed by atoms with Crippen LogP contribution in [0, 0.1) is 0 Å². The molecule has 0 aromatic heterocycles. The van der Waals surface area contributed by atoms with Gasteiger partial charge < -0.3 is 17.7 Å². The van der Waals surface area contributed by atoms with Crippen LogP contribution < -0.4 is 38.5 Å². The van der Waals surface area contributed by atoms with Crippen molar-refractivity contribution in [2.75, 3.05) is 0 Å². The standard InChI is InChI=1S/C30H22O4Si2/c1-5-13-23(14-6-1)35(24-15-7-2-8-16-24)31-27-21-29-30(22-28(27)32-35)34-36(33-29,25-17-9-3-10-18-25)26-19-11-4-12-20-26/h1-22H. The second-order valence-corrected chi connectivity index (χ2v) is 14.4. The summed E-state index contributed by atoms with van der Waals surface area (Å²) < 4.78 is 27.1. The molecule has 0 saturated heterocycles. The number of hydrogen-bond donors (Lipinski definition) is 0. The lowest BCUT2D eigenvalue weighted by Gasteiger charge is -2.25. The van der Waals surface area contributed by atoms with Crippen LogP contribution in [0.15, 0.2) is 133 Å². The Bertz CT molecular complexity index is 1300. The van der Waals surface area contributed by atoms with E-state index in [0.29, 0.717) is 23.0 Å². The normalized spacial score (nSPS) is 16.0. The lowest BCUT2D eigenvalue weighted by atomic mass is 10.3. The molecule has 5 aromatic carbocycles. The van der Waals surface area contributed by atoms with E-state index in [9.17, 15) is 0 Å². The van der Waals surface area contributed by atoms with E-state index in [1.54, 1.807) is 0 Å². The molecule has 0 unspecified atom stereocenters. The van der Waals surface area contributed by atoms with Gasteiger partial charge in [-0.15, -0.1) is 0 Å². The molecule has 0 amide bonds. The first-order valence-corrected chi connectivity index (χ1v) is 15.6. The molecule has 0 saturated carbocycles. The molecular weight excluding hydrogens is 480 g/mol. The van der Waals surface area contributed by atoms with Gasteiger partial charge in [-0.3, -0.25) is 0 Å². The quantitative estimate of drug-likeness (QED) is 0.351. The van der Waals surface area contributed by atoms with Gasteiger partial charge in [-0.1, -0.05) is 121 Å². The molecule has 0 aliphatic carbocycles. The van der Waals surface area contributed by atoms with Crippen molar-refractivity contribution < 1.29 is 17.7 Å². The van der Waals surface area contributed by atoms with Crippen molar-refractivity contribution in [3.05, 3.63) is 133 Å². The average molecular weight is 503 g/mol. The fourth-order valence-corrected chi connectivity index (χ4v) is 11.0. The number of fused-ring (bicyclic) bond motifs is 2. The molecule has 0 radical (unpaired) electrons. The fraction of sp³-hybridized carbons (Fsp3) is 0. The summed E-state index contributed by atoms with van der Waals surface area (Å²) in [5.41, 5.74) is 0. The first kappa shape index (κ1) is 21.1. The van der Waals surface area contributed by atoms with Crippen LogP contribution in [0.2, 0.25) is 0 Å². The predicted molar refractivity (Wildman–Crippen MR) is 145 cm³/mol. The Morgan fingerprint density at radius 3 is 0.750 bits per heavy atom. The van der Waals surface area contributed by atoms with Crippen LogP contribution in [0.4, 0.5) is 0 Å². The molecule has 7 rings (SSSR count). The van der Waals surface area contributed by atoms with E-state index in [1.165, 1.54) is 0 Å². The van der Waals surface area contributed by atoms with Gasteiger partial charge in [0.15, 0.2) is 23.0 Å². The van der Waals surface area contributed by atoms with E-state index < -0.39 is 17.1 Å². The second kappa shape index (κ2) is 8.15. The van der Waals surface area contributed by atoms with E-state index >= 15 is 0 Å². The molecule has 6 heteroatoms. The molecule has 0 bridgehead atoms. The molecule has 174 valence electrons. The van der Waals surface area contributed by atoms with Crippen LogP contribution >= 0.6 is 0 Å². The van der Waals surface area contributed by atoms with Crippen molar-refractivity contribution >= 4 is 37.9 Å². The van der Waals surface area contributed by atoms with Gasteiger partial charge in [-0.05, 0) is 0 Å². The van der Waals surface area contributed by atoms with Gasteiger partial charge in [0.25, 0.3) is 0 Å². The van der Waals surface area contributed by atoms with E-state index in [2.05, 4.69) is 48.5 Å². The van der Waals surface area contributed by atoms with Gasteiger partial charge >= 0.3 is 17.1 Å². The van der Waals surface area contributed by atoms with E-state index in [1.807, 2.05) is 84.9 Å². The minimum absolute atomic E-state index is 0.683. The molecule has 0 atom stereocenters. The third-order valence-corrected chi connectivity index (χ3v) is 13.0. The molecule has 5 aromatic rings. The van der Waals surface area contributed by atoms with Gasteiger partial charge in [-0.25, -0.2) is 0 Å². The second-order valence-electron chi connectivity index (χ2n) is 8.85. The van der Waals surface area contributed by atoms with Gasteiger partial charge in [0.2, 0.25) is 0 Å². The van der Waals surface area contributed by atoms with E-state index in [-0.39, 0.29) is 0 Å². The van der Waals surface area contributed by atoms with Crippen molar-refractivity contribution in [1.29, 1.82) is 0 Å². The molecule has 2 aliphatic heterocycles. The van der Waals surface area contributed by atoms with E-state index in [0.717, 1.165) is 20.7 Å². The highest BCUT2D eigenvalue weighted by Gasteiger charge is 2.55. The first-order chi connectivity index (χ1) is 17.8. The molecule has 0 spiro atoms. The molecule has 0 fully saturated rings. The number of rotatable bonds is 4. The van der Waals surface area contributed by atoms with Crippen LogP contribution in [-0.2, 0) is 0 Å². The Morgan fingerprint density at radius 1 is 0.306 bits per heavy atom. The van der Waals surface area contributed by atoms with Crippen molar-refractivity contribution in [3.63, 3.8) is 0 Å². The predicted octanol–water partition coefficient (Wildman–Crippen LogP) is 3.74. The lowest BCUT2D eigenvalue weighted by Crippen LogP contribution is -2.66. The van der Waals surface area contributed by atoms with Crippen molar-refractivity contribution in [3.8, 4) is 23.0 Å². The highest BCUT2D eigenvalue weighted by Crippen LogP contribution is 2.48. The number of hydrogen-bond acceptors (Lipinski definition) is 4. The van der Waals surface area contributed by atoms with Gasteiger partial charge in [0, 0.05) is 32.9 Å². The summed E-state index contributed by atoms with van der Waals surface area (Å²) in [5, 5.41) is 4.19. The van der Waals surface area contributed by atoms with Crippen LogP contribution in [0.3, 0.4) is 0 Å². The Morgan fingerprint density at radius 2 is 0.528 bits per heavy atom. The summed E-state index contributed by atoms with van der Waals surface area (Å²) in [5.74, 6) is 2.73. The Balaban J connectivity index is 1.32. The fourth-order valence-electron chi connectivity index (χ4n) is 4.94. The average Bonchev–Trinajstić information content (AvgIpc) is 3.53. The molecule has 36 heavy (non-hydrogen) atoms.